The van der Waals surface area contributed by atoms with Gasteiger partial charge in [-0.25, -0.2) is 8.42 Å². The molecule has 22 heavy (non-hydrogen) atoms. The molecule has 1 aliphatic heterocycles. The summed E-state index contributed by atoms with van der Waals surface area (Å²) in [7, 11) is -3.13. The Balaban J connectivity index is 1.99. The first-order valence-corrected chi connectivity index (χ1v) is 8.63. The van der Waals surface area contributed by atoms with Gasteiger partial charge in [-0.15, -0.1) is 0 Å². The zero-order valence-corrected chi connectivity index (χ0v) is 12.8. The molecule has 2 rings (SSSR count). The second kappa shape index (κ2) is 6.27. The van der Waals surface area contributed by atoms with Crippen LogP contribution in [0.3, 0.4) is 0 Å². The number of hydrogen-bond acceptors (Lipinski definition) is 5. The number of rotatable bonds is 4. The van der Waals surface area contributed by atoms with Crippen LogP contribution in [0.5, 0.6) is 0 Å². The van der Waals surface area contributed by atoms with Crippen molar-refractivity contribution in [3.63, 3.8) is 0 Å². The first kappa shape index (κ1) is 16.2. The first-order chi connectivity index (χ1) is 10.3. The quantitative estimate of drug-likeness (QED) is 0.472. The van der Waals surface area contributed by atoms with Crippen molar-refractivity contribution in [2.75, 3.05) is 19.3 Å². The lowest BCUT2D eigenvalue weighted by atomic mass is 10.2. The average molecular weight is 324 g/mol. The van der Waals surface area contributed by atoms with Crippen LogP contribution in [0.2, 0.25) is 0 Å². The largest absolute Gasteiger partial charge is 0.338 e. The van der Waals surface area contributed by atoms with Crippen molar-refractivity contribution in [1.29, 1.82) is 0 Å². The van der Waals surface area contributed by atoms with Crippen LogP contribution in [-0.2, 0) is 14.6 Å². The summed E-state index contributed by atoms with van der Waals surface area (Å²) in [5, 5.41) is 10.0. The molecule has 0 N–H and O–H groups in total. The number of nitro groups is 1. The topological polar surface area (TPSA) is 97.6 Å². The van der Waals surface area contributed by atoms with Gasteiger partial charge in [-0.2, -0.15) is 0 Å². The van der Waals surface area contributed by atoms with E-state index in [1.807, 2.05) is 0 Å². The first-order valence-electron chi connectivity index (χ1n) is 6.67. The summed E-state index contributed by atoms with van der Waals surface area (Å²) in [5.74, 6) is -0.260. The molecule has 1 unspecified atom stereocenters. The number of benzene rings is 1. The molecular weight excluding hydrogens is 308 g/mol. The van der Waals surface area contributed by atoms with Crippen molar-refractivity contribution < 1.29 is 18.1 Å². The molecule has 0 aliphatic carbocycles. The molecule has 1 fully saturated rings. The highest BCUT2D eigenvalue weighted by atomic mass is 32.2. The Kier molecular flexibility index (Phi) is 4.60. The molecule has 0 bridgehead atoms. The van der Waals surface area contributed by atoms with Crippen LogP contribution in [0.15, 0.2) is 30.3 Å². The van der Waals surface area contributed by atoms with E-state index in [0.717, 1.165) is 0 Å². The van der Waals surface area contributed by atoms with E-state index in [1.165, 1.54) is 29.4 Å². The Bertz CT molecular complexity index is 709. The Labute approximate surface area is 128 Å². The minimum absolute atomic E-state index is 0.0148. The van der Waals surface area contributed by atoms with E-state index >= 15 is 0 Å². The molecule has 1 heterocycles. The monoisotopic (exact) mass is 324 g/mol. The zero-order valence-electron chi connectivity index (χ0n) is 12.0. The molecule has 8 heteroatoms. The van der Waals surface area contributed by atoms with Crippen molar-refractivity contribution in [2.45, 2.75) is 11.7 Å². The highest BCUT2D eigenvalue weighted by molar-refractivity contribution is 7.91. The molecule has 0 spiro atoms. The van der Waals surface area contributed by atoms with E-state index in [9.17, 15) is 23.3 Å². The minimum Gasteiger partial charge on any atom is -0.338 e. The fraction of sp³-hybridized carbons (Fsp3) is 0.357. The molecule has 1 aliphatic rings. The van der Waals surface area contributed by atoms with Gasteiger partial charge in [-0.3, -0.25) is 14.9 Å². The smallest absolute Gasteiger partial charge is 0.269 e. The molecule has 0 saturated carbocycles. The SMILES string of the molecule is CS(=O)(=O)C1CCN(C(=O)/C=C/c2ccc([N+](=O)[O-])cc2)C1. The number of nitrogens with zero attached hydrogens (tertiary/aromatic N) is 2. The third-order valence-corrected chi connectivity index (χ3v) is 5.18. The summed E-state index contributed by atoms with van der Waals surface area (Å²) in [5.41, 5.74) is 0.650. The molecule has 1 aromatic carbocycles. The molecule has 0 aromatic heterocycles. The van der Waals surface area contributed by atoms with Gasteiger partial charge >= 0.3 is 0 Å². The molecule has 1 aromatic rings. The maximum absolute atomic E-state index is 12.0. The summed E-state index contributed by atoms with van der Waals surface area (Å²) in [6, 6.07) is 5.82. The van der Waals surface area contributed by atoms with E-state index < -0.39 is 20.0 Å². The van der Waals surface area contributed by atoms with Crippen LogP contribution in [0.4, 0.5) is 5.69 Å². The Hall–Kier alpha value is -2.22. The van der Waals surface area contributed by atoms with E-state index in [0.29, 0.717) is 18.5 Å². The van der Waals surface area contributed by atoms with Gasteiger partial charge in [-0.05, 0) is 30.2 Å². The Morgan fingerprint density at radius 2 is 2.00 bits per heavy atom. The maximum Gasteiger partial charge on any atom is 0.269 e. The number of non-ortho nitro benzene ring substituents is 1. The van der Waals surface area contributed by atoms with Gasteiger partial charge in [0.25, 0.3) is 5.69 Å². The molecule has 1 saturated heterocycles. The fourth-order valence-corrected chi connectivity index (χ4v) is 3.24. The van der Waals surface area contributed by atoms with Crippen molar-refractivity contribution >= 4 is 27.5 Å². The third kappa shape index (κ3) is 3.91. The molecule has 0 radical (unpaired) electrons. The van der Waals surface area contributed by atoms with Gasteiger partial charge in [0, 0.05) is 37.6 Å². The predicted octanol–water partition coefficient (Wildman–Crippen LogP) is 1.25. The number of amides is 1. The van der Waals surface area contributed by atoms with Gasteiger partial charge in [-0.1, -0.05) is 0 Å². The molecule has 1 atom stereocenters. The number of carbonyl (C=O) groups is 1. The average Bonchev–Trinajstić information content (AvgIpc) is 2.95. The maximum atomic E-state index is 12.0. The predicted molar refractivity (Wildman–Crippen MR) is 82.0 cm³/mol. The second-order valence-corrected chi connectivity index (χ2v) is 7.53. The lowest BCUT2D eigenvalue weighted by Gasteiger charge is -2.13. The number of sulfone groups is 1. The summed E-state index contributed by atoms with van der Waals surface area (Å²) in [6.45, 7) is 0.628. The van der Waals surface area contributed by atoms with Crippen molar-refractivity contribution in [1.82, 2.24) is 4.90 Å². The summed E-state index contributed by atoms with van der Waals surface area (Å²) < 4.78 is 22.9. The number of carbonyl (C=O) groups excluding carboxylic acids is 1. The van der Waals surface area contributed by atoms with Gasteiger partial charge in [0.2, 0.25) is 5.91 Å². The molecular formula is C14H16N2O5S. The molecule has 7 nitrogen and oxygen atoms in total. The van der Waals surface area contributed by atoms with Crippen LogP contribution in [0.25, 0.3) is 6.08 Å². The van der Waals surface area contributed by atoms with Crippen LogP contribution >= 0.6 is 0 Å². The van der Waals surface area contributed by atoms with Crippen LogP contribution < -0.4 is 0 Å². The highest BCUT2D eigenvalue weighted by Gasteiger charge is 2.31. The van der Waals surface area contributed by atoms with E-state index in [-0.39, 0.29) is 18.1 Å². The van der Waals surface area contributed by atoms with Crippen molar-refractivity contribution in [2.24, 2.45) is 0 Å². The van der Waals surface area contributed by atoms with E-state index in [2.05, 4.69) is 0 Å². The van der Waals surface area contributed by atoms with E-state index in [1.54, 1.807) is 18.2 Å². The number of nitro benzene ring substituents is 1. The van der Waals surface area contributed by atoms with Crippen LogP contribution in [-0.4, -0.2) is 48.7 Å². The standard InChI is InChI=1S/C14H16N2O5S/c1-22(20,21)13-8-9-15(10-13)14(17)7-4-11-2-5-12(6-3-11)16(18)19/h2-7,13H,8-10H2,1H3/b7-4+. The van der Waals surface area contributed by atoms with Crippen molar-refractivity contribution in [3.05, 3.63) is 46.0 Å². The van der Waals surface area contributed by atoms with Gasteiger partial charge in [0.15, 0.2) is 9.84 Å². The lowest BCUT2D eigenvalue weighted by molar-refractivity contribution is -0.384. The summed E-state index contributed by atoms with van der Waals surface area (Å²) >= 11 is 0. The van der Waals surface area contributed by atoms with Crippen LogP contribution in [0, 0.1) is 10.1 Å². The van der Waals surface area contributed by atoms with Gasteiger partial charge in [0.05, 0.1) is 10.2 Å². The summed E-state index contributed by atoms with van der Waals surface area (Å²) in [4.78, 5) is 23.5. The van der Waals surface area contributed by atoms with Gasteiger partial charge < -0.3 is 4.90 Å². The third-order valence-electron chi connectivity index (χ3n) is 3.58. The van der Waals surface area contributed by atoms with Crippen molar-refractivity contribution in [3.8, 4) is 0 Å². The normalized spacial score (nSPS) is 18.8. The number of likely N-dealkylation sites (tertiary alicyclic amines) is 1. The van der Waals surface area contributed by atoms with Gasteiger partial charge in [0.1, 0.15) is 0 Å². The fourth-order valence-electron chi connectivity index (χ4n) is 2.26. The molecule has 118 valence electrons. The minimum atomic E-state index is -3.13. The highest BCUT2D eigenvalue weighted by Crippen LogP contribution is 2.17. The second-order valence-electron chi connectivity index (χ2n) is 5.21. The summed E-state index contributed by atoms with van der Waals surface area (Å²) in [6.07, 6.45) is 4.54. The van der Waals surface area contributed by atoms with E-state index in [4.69, 9.17) is 0 Å². The van der Waals surface area contributed by atoms with Crippen LogP contribution in [0.1, 0.15) is 12.0 Å². The Morgan fingerprint density at radius 3 is 2.50 bits per heavy atom. The lowest BCUT2D eigenvalue weighted by Crippen LogP contribution is -2.30. The zero-order chi connectivity index (χ0) is 16.3. The Morgan fingerprint density at radius 1 is 1.36 bits per heavy atom. The molecule has 1 amide bonds. The number of hydrogen-bond donors (Lipinski definition) is 0.